The van der Waals surface area contributed by atoms with Crippen molar-refractivity contribution >= 4 is 16.9 Å². The van der Waals surface area contributed by atoms with Gasteiger partial charge in [-0.25, -0.2) is 9.36 Å². The van der Waals surface area contributed by atoms with Crippen molar-refractivity contribution in [2.75, 3.05) is 6.61 Å². The number of aromatic nitrogens is 2. The maximum absolute atomic E-state index is 12.5. The Hall–Kier alpha value is -2.40. The fourth-order valence-electron chi connectivity index (χ4n) is 4.97. The molecule has 0 radical (unpaired) electrons. The third-order valence-electron chi connectivity index (χ3n) is 7.30. The lowest BCUT2D eigenvalue weighted by Gasteiger charge is -2.05. The van der Waals surface area contributed by atoms with Crippen LogP contribution in [0.4, 0.5) is 0 Å². The highest BCUT2D eigenvalue weighted by atomic mass is 79.9. The summed E-state index contributed by atoms with van der Waals surface area (Å²) < 4.78 is 7.62. The van der Waals surface area contributed by atoms with Gasteiger partial charge in [0.05, 0.1) is 6.61 Å². The number of nitrogens with one attached hydrogen (secondary N) is 1. The quantitative estimate of drug-likeness (QED) is 0.0764. The van der Waals surface area contributed by atoms with Crippen LogP contribution >= 0.6 is 0 Å². The predicted octanol–water partition coefficient (Wildman–Crippen LogP) is 5.90. The zero-order chi connectivity index (χ0) is 26.7. The molecule has 2 aromatic heterocycles. The van der Waals surface area contributed by atoms with Crippen molar-refractivity contribution in [3.63, 3.8) is 0 Å². The number of rotatable bonds is 20. The van der Waals surface area contributed by atoms with E-state index in [-0.39, 0.29) is 23.0 Å². The van der Waals surface area contributed by atoms with E-state index in [0.717, 1.165) is 31.3 Å². The van der Waals surface area contributed by atoms with E-state index < -0.39 is 0 Å². The first-order valence-electron chi connectivity index (χ1n) is 15.1. The molecular weight excluding hydrogens is 548 g/mol. The number of ether oxygens (including phenoxy) is 1. The first-order valence-corrected chi connectivity index (χ1v) is 15.1. The summed E-state index contributed by atoms with van der Waals surface area (Å²) in [5, 5.41) is 1.26. The lowest BCUT2D eigenvalue weighted by molar-refractivity contribution is -0.696. The summed E-state index contributed by atoms with van der Waals surface area (Å²) in [6.45, 7) is 3.59. The molecule has 3 rings (SSSR count). The standard InChI is InChI=1S/C34H49N2O2.BrH/c1-2-3-4-5-6-7-8-9-10-11-12-13-14-15-16-19-27-38-34(37)31-21-20-25-36(29-31)26-24-30-28-35-33-23-18-17-22-32(30)33;/h9-10,17-18,20-23,25,28-29,35H,2-8,11-16,19,24,26-27H2,1H3;1H/q+1;/p-1/b10-9-;. The second kappa shape index (κ2) is 20.5. The number of esters is 1. The summed E-state index contributed by atoms with van der Waals surface area (Å²) in [6.07, 6.45) is 29.5. The molecule has 5 heteroatoms. The summed E-state index contributed by atoms with van der Waals surface area (Å²) in [4.78, 5) is 15.9. The molecule has 39 heavy (non-hydrogen) atoms. The number of halogens is 1. The summed E-state index contributed by atoms with van der Waals surface area (Å²) in [5.74, 6) is -0.223. The number of aromatic amines is 1. The molecular formula is C34H49BrN2O2. The minimum absolute atomic E-state index is 0. The highest BCUT2D eigenvalue weighted by Gasteiger charge is 2.13. The molecule has 0 spiro atoms. The number of nitrogens with zero attached hydrogens (tertiary/aromatic N) is 1. The van der Waals surface area contributed by atoms with Crippen LogP contribution in [0.1, 0.15) is 113 Å². The molecule has 0 unspecified atom stereocenters. The lowest BCUT2D eigenvalue weighted by Crippen LogP contribution is -3.00. The molecule has 3 aromatic rings. The van der Waals surface area contributed by atoms with Crippen molar-refractivity contribution in [1.82, 2.24) is 4.98 Å². The van der Waals surface area contributed by atoms with Crippen LogP contribution in [0.2, 0.25) is 0 Å². The van der Waals surface area contributed by atoms with Gasteiger partial charge in [0.2, 0.25) is 0 Å². The molecule has 0 aliphatic carbocycles. The van der Waals surface area contributed by atoms with Gasteiger partial charge in [0.1, 0.15) is 5.56 Å². The van der Waals surface area contributed by atoms with E-state index in [1.807, 2.05) is 30.6 Å². The van der Waals surface area contributed by atoms with Gasteiger partial charge in [0.15, 0.2) is 18.9 Å². The minimum Gasteiger partial charge on any atom is -1.00 e. The fourth-order valence-corrected chi connectivity index (χ4v) is 4.97. The van der Waals surface area contributed by atoms with E-state index in [2.05, 4.69) is 53.0 Å². The number of hydrogen-bond acceptors (Lipinski definition) is 2. The van der Waals surface area contributed by atoms with E-state index in [4.69, 9.17) is 4.74 Å². The van der Waals surface area contributed by atoms with Gasteiger partial charge in [-0.05, 0) is 49.8 Å². The Balaban J connectivity index is 0.00000533. The molecule has 214 valence electrons. The van der Waals surface area contributed by atoms with Gasteiger partial charge in [0, 0.05) is 29.6 Å². The minimum atomic E-state index is -0.223. The molecule has 0 saturated heterocycles. The molecule has 0 fully saturated rings. The number of aryl methyl sites for hydroxylation is 2. The third-order valence-corrected chi connectivity index (χ3v) is 7.30. The van der Waals surface area contributed by atoms with Gasteiger partial charge in [-0.3, -0.25) is 0 Å². The highest BCUT2D eigenvalue weighted by Crippen LogP contribution is 2.18. The monoisotopic (exact) mass is 596 g/mol. The average Bonchev–Trinajstić information content (AvgIpc) is 3.36. The van der Waals surface area contributed by atoms with Gasteiger partial charge in [0.25, 0.3) is 0 Å². The first-order chi connectivity index (χ1) is 18.8. The number of carbonyl (C=O) groups is 1. The summed E-state index contributed by atoms with van der Waals surface area (Å²) >= 11 is 0. The third kappa shape index (κ3) is 13.0. The Morgan fingerprint density at radius 2 is 1.51 bits per heavy atom. The molecule has 2 heterocycles. The molecule has 1 N–H and O–H groups in total. The van der Waals surface area contributed by atoms with Crippen LogP contribution in [0.5, 0.6) is 0 Å². The molecule has 0 aliphatic heterocycles. The van der Waals surface area contributed by atoms with E-state index >= 15 is 0 Å². The topological polar surface area (TPSA) is 46.0 Å². The van der Waals surface area contributed by atoms with Crippen LogP contribution in [0.25, 0.3) is 10.9 Å². The Morgan fingerprint density at radius 3 is 2.26 bits per heavy atom. The number of carbonyl (C=O) groups excluding carboxylic acids is 1. The number of allylic oxidation sites excluding steroid dienone is 2. The Bertz CT molecular complexity index is 1090. The molecule has 4 nitrogen and oxygen atoms in total. The van der Waals surface area contributed by atoms with Gasteiger partial charge < -0.3 is 26.7 Å². The number of para-hydroxylation sites is 1. The Labute approximate surface area is 247 Å². The number of fused-ring (bicyclic) bond motifs is 1. The summed E-state index contributed by atoms with van der Waals surface area (Å²) in [5.41, 5.74) is 3.08. The van der Waals surface area contributed by atoms with E-state index in [1.54, 1.807) is 0 Å². The van der Waals surface area contributed by atoms with E-state index in [9.17, 15) is 4.79 Å². The second-order valence-corrected chi connectivity index (χ2v) is 10.5. The van der Waals surface area contributed by atoms with Gasteiger partial charge >= 0.3 is 5.97 Å². The van der Waals surface area contributed by atoms with Crippen LogP contribution in [-0.4, -0.2) is 17.6 Å². The van der Waals surface area contributed by atoms with Crippen LogP contribution in [0.3, 0.4) is 0 Å². The maximum atomic E-state index is 12.5. The van der Waals surface area contributed by atoms with Crippen molar-refractivity contribution in [2.45, 2.75) is 110 Å². The highest BCUT2D eigenvalue weighted by molar-refractivity contribution is 5.88. The van der Waals surface area contributed by atoms with Crippen molar-refractivity contribution in [3.05, 3.63) is 78.3 Å². The second-order valence-electron chi connectivity index (χ2n) is 10.5. The smallest absolute Gasteiger partial charge is 0.344 e. The van der Waals surface area contributed by atoms with E-state index in [0.29, 0.717) is 12.2 Å². The Kier molecular flexibility index (Phi) is 17.2. The van der Waals surface area contributed by atoms with Crippen LogP contribution in [0.15, 0.2) is 67.1 Å². The molecule has 0 bridgehead atoms. The van der Waals surface area contributed by atoms with Gasteiger partial charge in [-0.2, -0.15) is 0 Å². The number of H-pyrrole nitrogens is 1. The van der Waals surface area contributed by atoms with Crippen molar-refractivity contribution < 1.29 is 31.1 Å². The van der Waals surface area contributed by atoms with Gasteiger partial charge in [-0.15, -0.1) is 0 Å². The maximum Gasteiger partial charge on any atom is 0.344 e. The van der Waals surface area contributed by atoms with Crippen LogP contribution in [0, 0.1) is 0 Å². The van der Waals surface area contributed by atoms with Crippen LogP contribution in [-0.2, 0) is 17.7 Å². The van der Waals surface area contributed by atoms with Gasteiger partial charge in [-0.1, -0.05) is 95.1 Å². The summed E-state index contributed by atoms with van der Waals surface area (Å²) in [7, 11) is 0. The van der Waals surface area contributed by atoms with Crippen LogP contribution < -0.4 is 21.5 Å². The predicted molar refractivity (Wildman–Crippen MR) is 158 cm³/mol. The number of benzene rings is 1. The lowest BCUT2D eigenvalue weighted by atomic mass is 10.1. The molecule has 0 atom stereocenters. The summed E-state index contributed by atoms with van der Waals surface area (Å²) in [6, 6.07) is 12.1. The first kappa shape index (κ1) is 32.8. The molecule has 0 amide bonds. The zero-order valence-corrected chi connectivity index (χ0v) is 25.6. The average molecular weight is 598 g/mol. The van der Waals surface area contributed by atoms with Crippen molar-refractivity contribution in [2.24, 2.45) is 0 Å². The molecule has 0 saturated carbocycles. The molecule has 1 aromatic carbocycles. The largest absolute Gasteiger partial charge is 1.00 e. The number of unbranched alkanes of at least 4 members (excludes halogenated alkanes) is 12. The fraction of sp³-hybridized carbons (Fsp3) is 0.529. The number of pyridine rings is 1. The number of hydrogen-bond donors (Lipinski definition) is 1. The van der Waals surface area contributed by atoms with Crippen molar-refractivity contribution in [1.29, 1.82) is 0 Å². The zero-order valence-electron chi connectivity index (χ0n) is 24.0. The normalized spacial score (nSPS) is 11.2. The SMILES string of the molecule is CCCCCCCC/C=C\CCCCCCCCOC(=O)c1ccc[n+](CCc2c[nH]c3ccccc23)c1.[Br-]. The van der Waals surface area contributed by atoms with Crippen molar-refractivity contribution in [3.8, 4) is 0 Å². The van der Waals surface area contributed by atoms with E-state index in [1.165, 1.54) is 88.0 Å². The Morgan fingerprint density at radius 1 is 0.846 bits per heavy atom. The molecule has 0 aliphatic rings.